The first kappa shape index (κ1) is 20.6. The van der Waals surface area contributed by atoms with Gasteiger partial charge in [0.2, 0.25) is 0 Å². The molecule has 0 spiro atoms. The highest BCUT2D eigenvalue weighted by molar-refractivity contribution is 6.00. The highest BCUT2D eigenvalue weighted by Gasteiger charge is 2.28. The second kappa shape index (κ2) is 8.89. The number of benzene rings is 2. The van der Waals surface area contributed by atoms with Crippen molar-refractivity contribution in [3.63, 3.8) is 0 Å². The van der Waals surface area contributed by atoms with E-state index in [0.717, 1.165) is 12.1 Å². The van der Waals surface area contributed by atoms with E-state index >= 15 is 0 Å². The Balaban J connectivity index is 1.63. The third-order valence-electron chi connectivity index (χ3n) is 4.93. The lowest BCUT2D eigenvalue weighted by molar-refractivity contribution is 0.0693. The average molecular weight is 404 g/mol. The molecule has 0 saturated carbocycles. The van der Waals surface area contributed by atoms with Crippen molar-refractivity contribution in [2.75, 3.05) is 27.3 Å². The Labute approximate surface area is 167 Å². The highest BCUT2D eigenvalue weighted by Crippen LogP contribution is 2.28. The van der Waals surface area contributed by atoms with Crippen LogP contribution in [0.5, 0.6) is 11.5 Å². The monoisotopic (exact) mass is 404 g/mol. The van der Waals surface area contributed by atoms with Crippen molar-refractivity contribution in [1.29, 1.82) is 0 Å². The number of amides is 2. The molecule has 1 fully saturated rings. The van der Waals surface area contributed by atoms with Gasteiger partial charge in [0.25, 0.3) is 11.8 Å². The summed E-state index contributed by atoms with van der Waals surface area (Å²) in [6.45, 7) is 0.702. The van der Waals surface area contributed by atoms with Gasteiger partial charge in [-0.2, -0.15) is 0 Å². The Bertz CT molecular complexity index is 889. The molecule has 0 radical (unpaired) electrons. The minimum atomic E-state index is -0.881. The Kier molecular flexibility index (Phi) is 6.31. The number of methoxy groups -OCH3 is 2. The molecule has 154 valence electrons. The maximum atomic E-state index is 13.9. The fourth-order valence-electron chi connectivity index (χ4n) is 3.39. The molecule has 0 atom stereocenters. The van der Waals surface area contributed by atoms with Gasteiger partial charge in [0, 0.05) is 25.2 Å². The van der Waals surface area contributed by atoms with Gasteiger partial charge in [0.1, 0.15) is 28.7 Å². The molecule has 1 saturated heterocycles. The predicted octanol–water partition coefficient (Wildman–Crippen LogP) is 3.02. The normalized spacial score (nSPS) is 14.4. The van der Waals surface area contributed by atoms with E-state index in [0.29, 0.717) is 49.1 Å². The van der Waals surface area contributed by atoms with Crippen molar-refractivity contribution in [2.45, 2.75) is 18.9 Å². The van der Waals surface area contributed by atoms with E-state index in [2.05, 4.69) is 5.32 Å². The molecule has 8 heteroatoms. The number of hydrogen-bond donors (Lipinski definition) is 1. The Morgan fingerprint density at radius 3 is 2.21 bits per heavy atom. The summed E-state index contributed by atoms with van der Waals surface area (Å²) in [4.78, 5) is 26.7. The zero-order valence-electron chi connectivity index (χ0n) is 16.2. The van der Waals surface area contributed by atoms with Crippen LogP contribution in [0.15, 0.2) is 36.4 Å². The van der Waals surface area contributed by atoms with Crippen LogP contribution in [0.2, 0.25) is 0 Å². The third-order valence-corrected chi connectivity index (χ3v) is 4.93. The minimum Gasteiger partial charge on any atom is -0.496 e. The van der Waals surface area contributed by atoms with Crippen molar-refractivity contribution < 1.29 is 27.8 Å². The zero-order valence-corrected chi connectivity index (χ0v) is 16.2. The van der Waals surface area contributed by atoms with E-state index in [1.165, 1.54) is 19.1 Å². The number of nitrogens with one attached hydrogen (secondary N) is 1. The van der Waals surface area contributed by atoms with Crippen molar-refractivity contribution in [3.8, 4) is 11.5 Å². The van der Waals surface area contributed by atoms with Gasteiger partial charge in [-0.3, -0.25) is 9.59 Å². The van der Waals surface area contributed by atoms with E-state index < -0.39 is 17.5 Å². The lowest BCUT2D eigenvalue weighted by atomic mass is 10.0. The number of piperidine rings is 1. The minimum absolute atomic E-state index is 0.153. The fraction of sp³-hybridized carbons (Fsp3) is 0.333. The van der Waals surface area contributed by atoms with Crippen LogP contribution in [0, 0.1) is 11.6 Å². The summed E-state index contributed by atoms with van der Waals surface area (Å²) in [5, 5.41) is 2.94. The maximum Gasteiger partial charge on any atom is 0.259 e. The summed E-state index contributed by atoms with van der Waals surface area (Å²) in [5.41, 5.74) is 0.150. The summed E-state index contributed by atoms with van der Waals surface area (Å²) >= 11 is 0. The SMILES string of the molecule is COc1cccc(OC)c1C(=O)NC1CCN(C(=O)c2ccc(F)cc2F)CC1. The molecule has 6 nitrogen and oxygen atoms in total. The molecule has 29 heavy (non-hydrogen) atoms. The summed E-state index contributed by atoms with van der Waals surface area (Å²) in [6, 6.07) is 7.83. The molecule has 0 bridgehead atoms. The quantitative estimate of drug-likeness (QED) is 0.832. The first-order valence-electron chi connectivity index (χ1n) is 9.20. The maximum absolute atomic E-state index is 13.9. The number of carbonyl (C=O) groups is 2. The Morgan fingerprint density at radius 1 is 1.03 bits per heavy atom. The molecular weight excluding hydrogens is 382 g/mol. The number of nitrogens with zero attached hydrogens (tertiary/aromatic N) is 1. The molecule has 1 heterocycles. The summed E-state index contributed by atoms with van der Waals surface area (Å²) in [5.74, 6) is -1.62. The average Bonchev–Trinajstić information content (AvgIpc) is 2.73. The number of hydrogen-bond acceptors (Lipinski definition) is 4. The van der Waals surface area contributed by atoms with Crippen LogP contribution >= 0.6 is 0 Å². The van der Waals surface area contributed by atoms with E-state index in [4.69, 9.17) is 9.47 Å². The van der Waals surface area contributed by atoms with E-state index in [1.54, 1.807) is 18.2 Å². The molecule has 0 unspecified atom stereocenters. The van der Waals surface area contributed by atoms with Crippen LogP contribution in [-0.4, -0.2) is 50.1 Å². The lowest BCUT2D eigenvalue weighted by Gasteiger charge is -2.32. The van der Waals surface area contributed by atoms with Gasteiger partial charge in [-0.15, -0.1) is 0 Å². The van der Waals surface area contributed by atoms with Crippen LogP contribution < -0.4 is 14.8 Å². The molecule has 3 rings (SSSR count). The second-order valence-electron chi connectivity index (χ2n) is 6.70. The van der Waals surface area contributed by atoms with Gasteiger partial charge in [0.05, 0.1) is 19.8 Å². The fourth-order valence-corrected chi connectivity index (χ4v) is 3.39. The number of likely N-dealkylation sites (tertiary alicyclic amines) is 1. The van der Waals surface area contributed by atoms with Crippen LogP contribution in [0.4, 0.5) is 8.78 Å². The van der Waals surface area contributed by atoms with Crippen molar-refractivity contribution >= 4 is 11.8 Å². The van der Waals surface area contributed by atoms with E-state index in [-0.39, 0.29) is 17.5 Å². The topological polar surface area (TPSA) is 67.9 Å². The van der Waals surface area contributed by atoms with Crippen LogP contribution in [0.1, 0.15) is 33.6 Å². The van der Waals surface area contributed by atoms with E-state index in [9.17, 15) is 18.4 Å². The number of rotatable bonds is 5. The third kappa shape index (κ3) is 4.47. The van der Waals surface area contributed by atoms with Crippen molar-refractivity contribution in [1.82, 2.24) is 10.2 Å². The first-order chi connectivity index (χ1) is 13.9. The molecule has 2 aromatic carbocycles. The van der Waals surface area contributed by atoms with Gasteiger partial charge in [-0.25, -0.2) is 8.78 Å². The Hall–Kier alpha value is -3.16. The highest BCUT2D eigenvalue weighted by atomic mass is 19.1. The smallest absolute Gasteiger partial charge is 0.259 e. The zero-order chi connectivity index (χ0) is 21.0. The van der Waals surface area contributed by atoms with Gasteiger partial charge >= 0.3 is 0 Å². The molecule has 1 N–H and O–H groups in total. The van der Waals surface area contributed by atoms with Gasteiger partial charge in [0.15, 0.2) is 0 Å². The van der Waals surface area contributed by atoms with Crippen LogP contribution in [0.25, 0.3) is 0 Å². The van der Waals surface area contributed by atoms with Crippen LogP contribution in [-0.2, 0) is 0 Å². The molecular formula is C21H22F2N2O4. The predicted molar refractivity (Wildman–Crippen MR) is 102 cm³/mol. The van der Waals surface area contributed by atoms with E-state index in [1.807, 2.05) is 0 Å². The first-order valence-corrected chi connectivity index (χ1v) is 9.20. The molecule has 0 aromatic heterocycles. The standard InChI is InChI=1S/C21H22F2N2O4/c1-28-17-4-3-5-18(29-2)19(17)20(26)24-14-8-10-25(11-9-14)21(27)15-7-6-13(22)12-16(15)23/h3-7,12,14H,8-11H2,1-2H3,(H,24,26). The second-order valence-corrected chi connectivity index (χ2v) is 6.70. The largest absolute Gasteiger partial charge is 0.496 e. The van der Waals surface area contributed by atoms with Gasteiger partial charge in [-0.1, -0.05) is 6.07 Å². The van der Waals surface area contributed by atoms with Gasteiger partial charge in [-0.05, 0) is 37.1 Å². The molecule has 0 aliphatic carbocycles. The van der Waals surface area contributed by atoms with Crippen LogP contribution in [0.3, 0.4) is 0 Å². The molecule has 2 amide bonds. The lowest BCUT2D eigenvalue weighted by Crippen LogP contribution is -2.46. The van der Waals surface area contributed by atoms with Crippen molar-refractivity contribution in [3.05, 3.63) is 59.2 Å². The molecule has 2 aromatic rings. The summed E-state index contributed by atoms with van der Waals surface area (Å²) in [6.07, 6.45) is 1.02. The number of ether oxygens (including phenoxy) is 2. The van der Waals surface area contributed by atoms with Gasteiger partial charge < -0.3 is 19.7 Å². The summed E-state index contributed by atoms with van der Waals surface area (Å²) in [7, 11) is 2.95. The molecule has 1 aliphatic rings. The number of carbonyl (C=O) groups excluding carboxylic acids is 2. The van der Waals surface area contributed by atoms with Crippen molar-refractivity contribution in [2.24, 2.45) is 0 Å². The number of halogens is 2. The Morgan fingerprint density at radius 2 is 1.66 bits per heavy atom. The molecule has 1 aliphatic heterocycles. The summed E-state index contributed by atoms with van der Waals surface area (Å²) < 4.78 is 37.4.